The van der Waals surface area contributed by atoms with Crippen LogP contribution in [0.15, 0.2) is 0 Å². The Morgan fingerprint density at radius 3 is 2.17 bits per heavy atom. The second-order valence-electron chi connectivity index (χ2n) is 3.47. The number of carbonyl (C=O) groups excluding carboxylic acids is 2. The van der Waals surface area contributed by atoms with E-state index in [1.807, 2.05) is 0 Å². The lowest BCUT2D eigenvalue weighted by Gasteiger charge is -2.23. The van der Waals surface area contributed by atoms with Gasteiger partial charge in [-0.05, 0) is 11.8 Å². The quantitative estimate of drug-likeness (QED) is 0.548. The Kier molecular flexibility index (Phi) is 3.73. The Balaban J connectivity index is 4.03. The summed E-state index contributed by atoms with van der Waals surface area (Å²) in [5.41, 5.74) is -0.591. The van der Waals surface area contributed by atoms with E-state index in [0.29, 0.717) is 0 Å². The van der Waals surface area contributed by atoms with E-state index in [4.69, 9.17) is 0 Å². The fourth-order valence-corrected chi connectivity index (χ4v) is 0.916. The maximum Gasteiger partial charge on any atom is 0.306 e. The summed E-state index contributed by atoms with van der Waals surface area (Å²) in [6, 6.07) is 0. The zero-order valence-electron chi connectivity index (χ0n) is 7.55. The van der Waals surface area contributed by atoms with E-state index in [-0.39, 0.29) is 12.8 Å². The van der Waals surface area contributed by atoms with E-state index in [9.17, 15) is 14.7 Å². The minimum absolute atomic E-state index is 0.0947. The van der Waals surface area contributed by atoms with E-state index in [0.717, 1.165) is 0 Å². The molecule has 0 aliphatic heterocycles. The lowest BCUT2D eigenvalue weighted by atomic mass is 9.86. The van der Waals surface area contributed by atoms with Crippen LogP contribution in [-0.2, 0) is 14.3 Å². The summed E-state index contributed by atoms with van der Waals surface area (Å²) in [5, 5.41) is 10.2. The van der Waals surface area contributed by atoms with E-state index in [1.165, 1.54) is 7.11 Å². The molecule has 12 heavy (non-hydrogen) atoms. The summed E-state index contributed by atoms with van der Waals surface area (Å²) in [6.45, 7) is 3.36. The van der Waals surface area contributed by atoms with E-state index < -0.39 is 17.4 Å². The van der Waals surface area contributed by atoms with Crippen LogP contribution >= 0.6 is 0 Å². The molecule has 0 spiro atoms. The number of hydrogen-bond donors (Lipinski definition) is 0. The molecule has 0 saturated carbocycles. The molecule has 0 aromatic heterocycles. The number of aliphatic carboxylic acids is 1. The first-order valence-electron chi connectivity index (χ1n) is 3.64. The summed E-state index contributed by atoms with van der Waals surface area (Å²) >= 11 is 0. The summed E-state index contributed by atoms with van der Waals surface area (Å²) in [4.78, 5) is 21.0. The smallest absolute Gasteiger partial charge is 0.306 e. The second kappa shape index (κ2) is 4.09. The highest BCUT2D eigenvalue weighted by Crippen LogP contribution is 2.24. The molecule has 0 aromatic rings. The van der Waals surface area contributed by atoms with Gasteiger partial charge < -0.3 is 14.6 Å². The lowest BCUT2D eigenvalue weighted by Crippen LogP contribution is -2.30. The topological polar surface area (TPSA) is 66.4 Å². The zero-order chi connectivity index (χ0) is 9.78. The number of ether oxygens (including phenoxy) is 1. The number of carboxylic acids is 1. The number of carbonyl (C=O) groups is 2. The van der Waals surface area contributed by atoms with Crippen molar-refractivity contribution in [2.45, 2.75) is 26.7 Å². The van der Waals surface area contributed by atoms with E-state index in [2.05, 4.69) is 4.74 Å². The Labute approximate surface area is 71.5 Å². The predicted molar refractivity (Wildman–Crippen MR) is 40.0 cm³/mol. The van der Waals surface area contributed by atoms with Gasteiger partial charge in [0.05, 0.1) is 13.5 Å². The molecule has 0 bridgehead atoms. The van der Waals surface area contributed by atoms with Crippen molar-refractivity contribution in [1.82, 2.24) is 0 Å². The van der Waals surface area contributed by atoms with E-state index >= 15 is 0 Å². The van der Waals surface area contributed by atoms with Crippen molar-refractivity contribution < 1.29 is 19.4 Å². The first-order chi connectivity index (χ1) is 5.37. The van der Waals surface area contributed by atoms with Gasteiger partial charge in [0, 0.05) is 5.97 Å². The van der Waals surface area contributed by atoms with Gasteiger partial charge in [-0.3, -0.25) is 4.79 Å². The number of rotatable bonds is 4. The molecule has 4 heteroatoms. The zero-order valence-corrected chi connectivity index (χ0v) is 7.55. The molecule has 0 aromatic carbocycles. The van der Waals surface area contributed by atoms with Crippen LogP contribution in [-0.4, -0.2) is 19.0 Å². The summed E-state index contributed by atoms with van der Waals surface area (Å²) in [6.07, 6.45) is -0.0421. The van der Waals surface area contributed by atoms with Crippen molar-refractivity contribution in [2.24, 2.45) is 5.41 Å². The van der Waals surface area contributed by atoms with Gasteiger partial charge in [0.1, 0.15) is 0 Å². The lowest BCUT2D eigenvalue weighted by molar-refractivity contribution is -0.307. The van der Waals surface area contributed by atoms with Gasteiger partial charge in [-0.2, -0.15) is 0 Å². The third kappa shape index (κ3) is 4.71. The van der Waals surface area contributed by atoms with Crippen molar-refractivity contribution in [3.05, 3.63) is 0 Å². The fraction of sp³-hybridized carbons (Fsp3) is 0.750. The maximum atomic E-state index is 10.8. The van der Waals surface area contributed by atoms with Crippen LogP contribution in [0.2, 0.25) is 0 Å². The molecule has 0 aliphatic rings. The average molecular weight is 173 g/mol. The molecule has 70 valence electrons. The molecule has 0 radical (unpaired) electrons. The van der Waals surface area contributed by atoms with Crippen molar-refractivity contribution in [3.8, 4) is 0 Å². The maximum absolute atomic E-state index is 10.8. The Morgan fingerprint density at radius 2 is 1.83 bits per heavy atom. The van der Waals surface area contributed by atoms with Gasteiger partial charge in [-0.1, -0.05) is 13.8 Å². The van der Waals surface area contributed by atoms with Gasteiger partial charge in [0.2, 0.25) is 0 Å². The van der Waals surface area contributed by atoms with Crippen molar-refractivity contribution >= 4 is 11.9 Å². The van der Waals surface area contributed by atoms with Crippen LogP contribution in [0.5, 0.6) is 0 Å². The summed E-state index contributed by atoms with van der Waals surface area (Å²) in [7, 11) is 1.28. The van der Waals surface area contributed by atoms with Crippen LogP contribution in [0.1, 0.15) is 26.7 Å². The first kappa shape index (κ1) is 10.9. The monoisotopic (exact) mass is 173 g/mol. The third-order valence-electron chi connectivity index (χ3n) is 1.47. The highest BCUT2D eigenvalue weighted by atomic mass is 16.5. The fourth-order valence-electron chi connectivity index (χ4n) is 0.916. The summed E-state index contributed by atoms with van der Waals surface area (Å²) in [5.74, 6) is -1.55. The predicted octanol–water partition coefficient (Wildman–Crippen LogP) is -0.284. The Bertz CT molecular complexity index is 183. The highest BCUT2D eigenvalue weighted by Gasteiger charge is 2.22. The van der Waals surface area contributed by atoms with Crippen LogP contribution < -0.4 is 5.11 Å². The standard InChI is InChI=1S/C8H14O4/c1-8(2,4-6(9)10)5-7(11)12-3/h4-5H2,1-3H3,(H,9,10)/p-1. The number of methoxy groups -OCH3 is 1. The Morgan fingerprint density at radius 1 is 1.33 bits per heavy atom. The first-order valence-corrected chi connectivity index (χ1v) is 3.64. The molecule has 0 fully saturated rings. The molecule has 0 rings (SSSR count). The molecule has 0 atom stereocenters. The molecule has 0 heterocycles. The molecular weight excluding hydrogens is 160 g/mol. The van der Waals surface area contributed by atoms with Gasteiger partial charge in [0.15, 0.2) is 0 Å². The summed E-state index contributed by atoms with van der Waals surface area (Å²) < 4.78 is 4.42. The number of hydrogen-bond acceptors (Lipinski definition) is 4. The molecule has 0 N–H and O–H groups in total. The second-order valence-corrected chi connectivity index (χ2v) is 3.47. The normalized spacial score (nSPS) is 10.9. The van der Waals surface area contributed by atoms with Crippen molar-refractivity contribution in [3.63, 3.8) is 0 Å². The average Bonchev–Trinajstić information content (AvgIpc) is 1.83. The largest absolute Gasteiger partial charge is 0.550 e. The minimum atomic E-state index is -1.15. The van der Waals surface area contributed by atoms with Crippen LogP contribution in [0.4, 0.5) is 0 Å². The third-order valence-corrected chi connectivity index (χ3v) is 1.47. The molecule has 0 aliphatic carbocycles. The van der Waals surface area contributed by atoms with Crippen molar-refractivity contribution in [2.75, 3.05) is 7.11 Å². The minimum Gasteiger partial charge on any atom is -0.550 e. The molecule has 0 unspecified atom stereocenters. The van der Waals surface area contributed by atoms with Crippen LogP contribution in [0.3, 0.4) is 0 Å². The highest BCUT2D eigenvalue weighted by molar-refractivity contribution is 5.72. The molecule has 4 nitrogen and oxygen atoms in total. The van der Waals surface area contributed by atoms with Crippen LogP contribution in [0.25, 0.3) is 0 Å². The molecule has 0 amide bonds. The Hall–Kier alpha value is -1.06. The van der Waals surface area contributed by atoms with Crippen molar-refractivity contribution in [1.29, 1.82) is 0 Å². The SMILES string of the molecule is COC(=O)CC(C)(C)CC(=O)[O-]. The van der Waals surface area contributed by atoms with E-state index in [1.54, 1.807) is 13.8 Å². The van der Waals surface area contributed by atoms with Crippen LogP contribution in [0, 0.1) is 5.41 Å². The molecular formula is C8H13O4-. The van der Waals surface area contributed by atoms with Gasteiger partial charge in [-0.15, -0.1) is 0 Å². The van der Waals surface area contributed by atoms with Gasteiger partial charge in [-0.25, -0.2) is 0 Å². The van der Waals surface area contributed by atoms with Gasteiger partial charge >= 0.3 is 5.97 Å². The number of esters is 1. The molecule has 0 saturated heterocycles. The van der Waals surface area contributed by atoms with Gasteiger partial charge in [0.25, 0.3) is 0 Å². The number of carboxylic acid groups (broad SMARTS) is 1.